The minimum Gasteiger partial charge on any atom is -0.312 e. The van der Waals surface area contributed by atoms with Crippen molar-refractivity contribution in [2.75, 3.05) is 6.54 Å². The van der Waals surface area contributed by atoms with Gasteiger partial charge in [-0.1, -0.05) is 17.4 Å². The van der Waals surface area contributed by atoms with Crippen molar-refractivity contribution in [1.29, 1.82) is 0 Å². The average molecular weight is 372 g/mol. The third kappa shape index (κ3) is 5.13. The van der Waals surface area contributed by atoms with Gasteiger partial charge in [0.15, 0.2) is 0 Å². The van der Waals surface area contributed by atoms with E-state index in [2.05, 4.69) is 52.2 Å². The summed E-state index contributed by atoms with van der Waals surface area (Å²) >= 11 is 4.68. The van der Waals surface area contributed by atoms with Gasteiger partial charge in [-0.05, 0) is 61.8 Å². The molecule has 0 unspecified atom stereocenters. The van der Waals surface area contributed by atoms with Crippen molar-refractivity contribution in [3.63, 3.8) is 0 Å². The Hall–Kier alpha value is -0.850. The molecule has 1 N–H and O–H groups in total. The van der Waals surface area contributed by atoms with Gasteiger partial charge in [-0.25, -0.2) is 4.39 Å². The summed E-state index contributed by atoms with van der Waals surface area (Å²) in [6.07, 6.45) is 1.90. The first-order chi connectivity index (χ1) is 9.85. The van der Waals surface area contributed by atoms with Gasteiger partial charge in [0, 0.05) is 17.5 Å². The monoisotopic (exact) mass is 371 g/mol. The molecule has 0 aliphatic carbocycles. The average Bonchev–Trinajstić information content (AvgIpc) is 2.86. The van der Waals surface area contributed by atoms with E-state index >= 15 is 0 Å². The van der Waals surface area contributed by atoms with Gasteiger partial charge in [0.2, 0.25) is 0 Å². The smallest absolute Gasteiger partial charge is 0.147 e. The lowest BCUT2D eigenvalue weighted by Crippen LogP contribution is -2.36. The second-order valence-electron chi connectivity index (χ2n) is 5.91. The van der Waals surface area contributed by atoms with Gasteiger partial charge in [-0.2, -0.15) is 0 Å². The highest BCUT2D eigenvalue weighted by Crippen LogP contribution is 2.27. The normalized spacial score (nSPS) is 11.9. The Morgan fingerprint density at radius 2 is 2.05 bits per heavy atom. The molecule has 21 heavy (non-hydrogen) atoms. The number of benzene rings is 1. The maximum absolute atomic E-state index is 13.5. The van der Waals surface area contributed by atoms with Crippen LogP contribution >= 0.6 is 27.3 Å². The summed E-state index contributed by atoms with van der Waals surface area (Å²) in [5.41, 5.74) is 0.911. The molecule has 1 heterocycles. The number of hydrogen-bond donors (Lipinski definition) is 1. The first-order valence-electron chi connectivity index (χ1n) is 6.88. The third-order valence-electron chi connectivity index (χ3n) is 2.86. The molecule has 0 saturated carbocycles. The molecule has 0 spiro atoms. The van der Waals surface area contributed by atoms with E-state index in [4.69, 9.17) is 0 Å². The van der Waals surface area contributed by atoms with Crippen LogP contribution in [-0.4, -0.2) is 22.3 Å². The molecule has 3 nitrogen and oxygen atoms in total. The van der Waals surface area contributed by atoms with Gasteiger partial charge in [0.1, 0.15) is 15.8 Å². The Labute approximate surface area is 137 Å². The Bertz CT molecular complexity index is 607. The van der Waals surface area contributed by atoms with Crippen molar-refractivity contribution >= 4 is 27.3 Å². The fourth-order valence-electron chi connectivity index (χ4n) is 1.80. The van der Waals surface area contributed by atoms with Gasteiger partial charge < -0.3 is 5.32 Å². The van der Waals surface area contributed by atoms with Crippen LogP contribution in [0.3, 0.4) is 0 Å². The van der Waals surface area contributed by atoms with Gasteiger partial charge in [0.05, 0.1) is 4.47 Å². The number of nitrogens with zero attached hydrogens (tertiary/aromatic N) is 2. The minimum atomic E-state index is -0.279. The molecule has 0 aliphatic rings. The zero-order valence-electron chi connectivity index (χ0n) is 12.4. The Kier molecular flexibility index (Phi) is 5.46. The number of aromatic nitrogens is 2. The van der Waals surface area contributed by atoms with Crippen LogP contribution in [0.5, 0.6) is 0 Å². The Morgan fingerprint density at radius 1 is 1.29 bits per heavy atom. The summed E-state index contributed by atoms with van der Waals surface area (Å²) in [5, 5.41) is 13.5. The molecule has 6 heteroatoms. The number of rotatable bonds is 5. The van der Waals surface area contributed by atoms with Gasteiger partial charge in [0.25, 0.3) is 0 Å². The van der Waals surface area contributed by atoms with Crippen LogP contribution in [0.1, 0.15) is 32.2 Å². The van der Waals surface area contributed by atoms with Crippen molar-refractivity contribution in [3.8, 4) is 10.6 Å². The second-order valence-corrected chi connectivity index (χ2v) is 7.83. The third-order valence-corrected chi connectivity index (χ3v) is 4.53. The lowest BCUT2D eigenvalue weighted by atomic mass is 10.1. The van der Waals surface area contributed by atoms with Gasteiger partial charge in [-0.3, -0.25) is 0 Å². The molecule has 2 rings (SSSR count). The van der Waals surface area contributed by atoms with Crippen LogP contribution in [0.2, 0.25) is 0 Å². The summed E-state index contributed by atoms with van der Waals surface area (Å²) in [7, 11) is 0. The van der Waals surface area contributed by atoms with E-state index in [0.29, 0.717) is 4.47 Å². The fourth-order valence-corrected chi connectivity index (χ4v) is 2.93. The van der Waals surface area contributed by atoms with E-state index in [-0.39, 0.29) is 11.4 Å². The fraction of sp³-hybridized carbons (Fsp3) is 0.467. The first-order valence-corrected chi connectivity index (χ1v) is 8.49. The van der Waals surface area contributed by atoms with E-state index in [0.717, 1.165) is 35.0 Å². The lowest BCUT2D eigenvalue weighted by Gasteiger charge is -2.20. The number of halogens is 2. The number of aryl methyl sites for hydroxylation is 1. The summed E-state index contributed by atoms with van der Waals surface area (Å²) in [4.78, 5) is 0. The van der Waals surface area contributed by atoms with Crippen LogP contribution in [0.15, 0.2) is 22.7 Å². The largest absolute Gasteiger partial charge is 0.312 e. The van der Waals surface area contributed by atoms with Gasteiger partial charge in [-0.15, -0.1) is 10.2 Å². The van der Waals surface area contributed by atoms with E-state index in [1.807, 2.05) is 6.07 Å². The maximum Gasteiger partial charge on any atom is 0.147 e. The zero-order valence-corrected chi connectivity index (χ0v) is 14.8. The molecule has 2 aromatic rings. The molecule has 1 aromatic heterocycles. The summed E-state index contributed by atoms with van der Waals surface area (Å²) in [5.74, 6) is -0.279. The standard InChI is InChI=1S/C15H19BrFN3S/c1-15(2,3)18-8-4-5-13-19-20-14(21-13)10-6-7-11(16)12(17)9-10/h6-7,9,18H,4-5,8H2,1-3H3. The van der Waals surface area contributed by atoms with Gasteiger partial charge >= 0.3 is 0 Å². The highest BCUT2D eigenvalue weighted by molar-refractivity contribution is 9.10. The molecule has 114 valence electrons. The summed E-state index contributed by atoms with van der Waals surface area (Å²) < 4.78 is 14.0. The predicted molar refractivity (Wildman–Crippen MR) is 89.1 cm³/mol. The summed E-state index contributed by atoms with van der Waals surface area (Å²) in [6, 6.07) is 5.02. The maximum atomic E-state index is 13.5. The molecule has 0 bridgehead atoms. The van der Waals surface area contributed by atoms with Crippen LogP contribution in [0.4, 0.5) is 4.39 Å². The zero-order chi connectivity index (χ0) is 15.5. The Morgan fingerprint density at radius 3 is 2.71 bits per heavy atom. The van der Waals surface area contributed by atoms with Crippen LogP contribution < -0.4 is 5.32 Å². The molecule has 1 aromatic carbocycles. The van der Waals surface area contributed by atoms with Crippen LogP contribution in [-0.2, 0) is 6.42 Å². The summed E-state index contributed by atoms with van der Waals surface area (Å²) in [6.45, 7) is 7.40. The predicted octanol–water partition coefficient (Wildman–Crippen LogP) is 4.43. The molecule has 0 saturated heterocycles. The van der Waals surface area contributed by atoms with E-state index < -0.39 is 0 Å². The lowest BCUT2D eigenvalue weighted by molar-refractivity contribution is 0.422. The molecule has 0 radical (unpaired) electrons. The highest BCUT2D eigenvalue weighted by Gasteiger charge is 2.10. The van der Waals surface area contributed by atoms with Crippen LogP contribution in [0, 0.1) is 5.82 Å². The van der Waals surface area contributed by atoms with Crippen molar-refractivity contribution in [2.24, 2.45) is 0 Å². The second kappa shape index (κ2) is 6.94. The number of nitrogens with one attached hydrogen (secondary N) is 1. The van der Waals surface area contributed by atoms with Crippen LogP contribution in [0.25, 0.3) is 10.6 Å². The Balaban J connectivity index is 1.93. The quantitative estimate of drug-likeness (QED) is 0.790. The SMILES string of the molecule is CC(C)(C)NCCCc1nnc(-c2ccc(Br)c(F)c2)s1. The molecular weight excluding hydrogens is 353 g/mol. The molecular formula is C15H19BrFN3S. The number of hydrogen-bond acceptors (Lipinski definition) is 4. The van der Waals surface area contributed by atoms with Crippen molar-refractivity contribution in [1.82, 2.24) is 15.5 Å². The van der Waals surface area contributed by atoms with Crippen molar-refractivity contribution in [2.45, 2.75) is 39.2 Å². The van der Waals surface area contributed by atoms with E-state index in [1.165, 1.54) is 17.4 Å². The minimum absolute atomic E-state index is 0.140. The molecule has 0 aliphatic heterocycles. The van der Waals surface area contributed by atoms with E-state index in [9.17, 15) is 4.39 Å². The molecule has 0 amide bonds. The highest BCUT2D eigenvalue weighted by atomic mass is 79.9. The molecule has 0 fully saturated rings. The van der Waals surface area contributed by atoms with Crippen molar-refractivity contribution in [3.05, 3.63) is 33.5 Å². The van der Waals surface area contributed by atoms with E-state index in [1.54, 1.807) is 6.07 Å². The van der Waals surface area contributed by atoms with Crippen molar-refractivity contribution < 1.29 is 4.39 Å². The first kappa shape index (κ1) is 16.5. The topological polar surface area (TPSA) is 37.8 Å². The molecule has 0 atom stereocenters.